The van der Waals surface area contributed by atoms with Gasteiger partial charge in [0.05, 0.1) is 0 Å². The second-order valence-corrected chi connectivity index (χ2v) is 7.21. The number of nitrogens with zero attached hydrogens (tertiary/aromatic N) is 1. The number of hydrogen-bond acceptors (Lipinski definition) is 2. The van der Waals surface area contributed by atoms with Gasteiger partial charge in [-0.1, -0.05) is 41.5 Å². The summed E-state index contributed by atoms with van der Waals surface area (Å²) in [4.78, 5) is 2.76. The molecule has 1 N–H and O–H groups in total. The highest BCUT2D eigenvalue weighted by Gasteiger charge is 2.35. The van der Waals surface area contributed by atoms with E-state index in [1.165, 1.54) is 32.5 Å². The molecule has 1 rings (SSSR count). The summed E-state index contributed by atoms with van der Waals surface area (Å²) < 4.78 is 0. The van der Waals surface area contributed by atoms with Crippen LogP contribution in [0.5, 0.6) is 0 Å². The van der Waals surface area contributed by atoms with Gasteiger partial charge in [-0.25, -0.2) is 0 Å². The quantitative estimate of drug-likeness (QED) is 0.714. The van der Waals surface area contributed by atoms with Gasteiger partial charge in [-0.3, -0.25) is 4.90 Å². The molecule has 0 spiro atoms. The van der Waals surface area contributed by atoms with E-state index in [0.29, 0.717) is 6.04 Å². The normalized spacial score (nSPS) is 24.3. The Morgan fingerprint density at radius 2 is 1.50 bits per heavy atom. The van der Waals surface area contributed by atoms with Crippen LogP contribution in [0.2, 0.25) is 0 Å². The molecule has 2 nitrogen and oxygen atoms in total. The molecule has 0 amide bonds. The fraction of sp³-hybridized carbons (Fsp3) is 1.00. The predicted molar refractivity (Wildman–Crippen MR) is 80.9 cm³/mol. The summed E-state index contributed by atoms with van der Waals surface area (Å²) in [6.45, 7) is 17.6. The first-order chi connectivity index (χ1) is 8.40. The molecule has 0 aliphatic heterocycles. The highest BCUT2D eigenvalue weighted by Crippen LogP contribution is 2.32. The van der Waals surface area contributed by atoms with E-state index in [2.05, 4.69) is 51.8 Å². The van der Waals surface area contributed by atoms with Gasteiger partial charge in [0.1, 0.15) is 0 Å². The summed E-state index contributed by atoms with van der Waals surface area (Å²) in [7, 11) is 0. The topological polar surface area (TPSA) is 15.3 Å². The second-order valence-electron chi connectivity index (χ2n) is 7.21. The van der Waals surface area contributed by atoms with Gasteiger partial charge in [-0.15, -0.1) is 0 Å². The van der Waals surface area contributed by atoms with E-state index >= 15 is 0 Å². The molecule has 108 valence electrons. The number of hydrogen-bond donors (Lipinski definition) is 1. The maximum Gasteiger partial charge on any atom is 0.0136 e. The van der Waals surface area contributed by atoms with Crippen molar-refractivity contribution in [2.24, 2.45) is 17.8 Å². The van der Waals surface area contributed by atoms with E-state index in [1.54, 1.807) is 0 Å². The Kier molecular flexibility index (Phi) is 6.65. The molecule has 0 aromatic rings. The highest BCUT2D eigenvalue weighted by atomic mass is 15.2. The largest absolute Gasteiger partial charge is 0.314 e. The lowest BCUT2D eigenvalue weighted by Crippen LogP contribution is -2.53. The van der Waals surface area contributed by atoms with E-state index in [4.69, 9.17) is 0 Å². The molecule has 1 fully saturated rings. The molecule has 2 unspecified atom stereocenters. The molecule has 1 aliphatic rings. The SMILES string of the molecule is CC(C)CN(CC(C)C)C1CCC1CNC(C)C. The minimum absolute atomic E-state index is 0.620. The second kappa shape index (κ2) is 7.49. The fourth-order valence-corrected chi connectivity index (χ4v) is 2.94. The van der Waals surface area contributed by atoms with Crippen LogP contribution in [0, 0.1) is 17.8 Å². The third kappa shape index (κ3) is 5.27. The first-order valence-corrected chi connectivity index (χ1v) is 7.87. The molecule has 0 aromatic heterocycles. The van der Waals surface area contributed by atoms with Gasteiger partial charge in [0.2, 0.25) is 0 Å². The van der Waals surface area contributed by atoms with Crippen LogP contribution >= 0.6 is 0 Å². The Bertz CT molecular complexity index is 213. The van der Waals surface area contributed by atoms with Crippen LogP contribution in [-0.2, 0) is 0 Å². The molecule has 1 saturated carbocycles. The van der Waals surface area contributed by atoms with Crippen molar-refractivity contribution < 1.29 is 0 Å². The summed E-state index contributed by atoms with van der Waals surface area (Å²) in [5.41, 5.74) is 0. The third-order valence-electron chi connectivity index (χ3n) is 3.83. The van der Waals surface area contributed by atoms with Crippen molar-refractivity contribution in [3.63, 3.8) is 0 Å². The predicted octanol–water partition coefficient (Wildman–Crippen LogP) is 3.38. The van der Waals surface area contributed by atoms with Crippen LogP contribution in [0.1, 0.15) is 54.4 Å². The summed E-state index contributed by atoms with van der Waals surface area (Å²) >= 11 is 0. The molecule has 0 heterocycles. The van der Waals surface area contributed by atoms with Crippen molar-refractivity contribution in [1.82, 2.24) is 10.2 Å². The molecular formula is C16H34N2. The first-order valence-electron chi connectivity index (χ1n) is 7.87. The van der Waals surface area contributed by atoms with E-state index in [1.807, 2.05) is 0 Å². The minimum atomic E-state index is 0.620. The average molecular weight is 254 g/mol. The zero-order chi connectivity index (χ0) is 13.7. The standard InChI is InChI=1S/C16H34N2/c1-12(2)10-18(11-13(3)4)16-8-7-15(16)9-17-14(5)6/h12-17H,7-11H2,1-6H3. The van der Waals surface area contributed by atoms with Gasteiger partial charge in [-0.05, 0) is 37.1 Å². The van der Waals surface area contributed by atoms with E-state index < -0.39 is 0 Å². The Hall–Kier alpha value is -0.0800. The van der Waals surface area contributed by atoms with Crippen molar-refractivity contribution in [2.75, 3.05) is 19.6 Å². The fourth-order valence-electron chi connectivity index (χ4n) is 2.94. The number of nitrogens with one attached hydrogen (secondary N) is 1. The minimum Gasteiger partial charge on any atom is -0.314 e. The Morgan fingerprint density at radius 3 is 1.83 bits per heavy atom. The summed E-state index contributed by atoms with van der Waals surface area (Å²) in [6.07, 6.45) is 2.82. The summed E-state index contributed by atoms with van der Waals surface area (Å²) in [5, 5.41) is 3.61. The van der Waals surface area contributed by atoms with Crippen LogP contribution in [-0.4, -0.2) is 36.6 Å². The van der Waals surface area contributed by atoms with E-state index in [-0.39, 0.29) is 0 Å². The molecule has 0 bridgehead atoms. The highest BCUT2D eigenvalue weighted by molar-refractivity contribution is 4.91. The van der Waals surface area contributed by atoms with Crippen LogP contribution in [0.15, 0.2) is 0 Å². The first kappa shape index (κ1) is 16.0. The lowest BCUT2D eigenvalue weighted by molar-refractivity contribution is 0.0427. The van der Waals surface area contributed by atoms with Crippen molar-refractivity contribution in [3.05, 3.63) is 0 Å². The van der Waals surface area contributed by atoms with E-state index in [9.17, 15) is 0 Å². The van der Waals surface area contributed by atoms with Gasteiger partial charge in [0.25, 0.3) is 0 Å². The zero-order valence-electron chi connectivity index (χ0n) is 13.4. The van der Waals surface area contributed by atoms with Gasteiger partial charge >= 0.3 is 0 Å². The van der Waals surface area contributed by atoms with Crippen LogP contribution in [0.3, 0.4) is 0 Å². The maximum atomic E-state index is 3.61. The van der Waals surface area contributed by atoms with Crippen molar-refractivity contribution in [1.29, 1.82) is 0 Å². The average Bonchev–Trinajstić information content (AvgIpc) is 2.12. The lowest BCUT2D eigenvalue weighted by Gasteiger charge is -2.46. The Labute approximate surface area is 115 Å². The van der Waals surface area contributed by atoms with Crippen LogP contribution < -0.4 is 5.32 Å². The lowest BCUT2D eigenvalue weighted by atomic mass is 9.77. The van der Waals surface area contributed by atoms with Gasteiger partial charge in [0.15, 0.2) is 0 Å². The third-order valence-corrected chi connectivity index (χ3v) is 3.83. The molecule has 18 heavy (non-hydrogen) atoms. The summed E-state index contributed by atoms with van der Waals surface area (Å²) in [5.74, 6) is 2.44. The molecule has 0 saturated heterocycles. The van der Waals surface area contributed by atoms with Gasteiger partial charge in [-0.2, -0.15) is 0 Å². The zero-order valence-corrected chi connectivity index (χ0v) is 13.4. The number of rotatable bonds is 8. The molecule has 2 atom stereocenters. The molecule has 1 aliphatic carbocycles. The maximum absolute atomic E-state index is 3.61. The van der Waals surface area contributed by atoms with Crippen molar-refractivity contribution >= 4 is 0 Å². The smallest absolute Gasteiger partial charge is 0.0136 e. The molecule has 2 heteroatoms. The van der Waals surface area contributed by atoms with E-state index in [0.717, 1.165) is 23.8 Å². The Balaban J connectivity index is 2.45. The Morgan fingerprint density at radius 1 is 0.944 bits per heavy atom. The monoisotopic (exact) mass is 254 g/mol. The van der Waals surface area contributed by atoms with Crippen LogP contribution in [0.4, 0.5) is 0 Å². The van der Waals surface area contributed by atoms with Gasteiger partial charge in [0, 0.05) is 25.2 Å². The molecule has 0 radical (unpaired) electrons. The molecular weight excluding hydrogens is 220 g/mol. The van der Waals surface area contributed by atoms with Crippen molar-refractivity contribution in [3.8, 4) is 0 Å². The van der Waals surface area contributed by atoms with Gasteiger partial charge < -0.3 is 5.32 Å². The van der Waals surface area contributed by atoms with Crippen molar-refractivity contribution in [2.45, 2.75) is 66.5 Å². The summed E-state index contributed by atoms with van der Waals surface area (Å²) in [6, 6.07) is 1.45. The molecule has 0 aromatic carbocycles. The van der Waals surface area contributed by atoms with Crippen LogP contribution in [0.25, 0.3) is 0 Å².